The first-order valence-electron chi connectivity index (χ1n) is 1.49. The summed E-state index contributed by atoms with van der Waals surface area (Å²) in [4.78, 5) is 3.60. The summed E-state index contributed by atoms with van der Waals surface area (Å²) in [7, 11) is 0. The van der Waals surface area contributed by atoms with Crippen LogP contribution < -0.4 is 5.32 Å². The van der Waals surface area contributed by atoms with Crippen molar-refractivity contribution >= 4 is 6.34 Å². The summed E-state index contributed by atoms with van der Waals surface area (Å²) in [5, 5.41) is 2.75. The molecule has 0 aromatic heterocycles. The fourth-order valence-electron chi connectivity index (χ4n) is 0.228. The van der Waals surface area contributed by atoms with Crippen LogP contribution in [-0.4, -0.2) is 12.9 Å². The maximum Gasteiger partial charge on any atom is 0.164 e. The maximum absolute atomic E-state index is 3.60. The molecular formula is C3H4N2. The first kappa shape index (κ1) is 2.69. The molecule has 0 unspecified atom stereocenters. The third-order valence-corrected chi connectivity index (χ3v) is 0.428. The van der Waals surface area contributed by atoms with Gasteiger partial charge in [0.05, 0.1) is 6.54 Å². The fraction of sp³-hybridized carbons (Fsp3) is 0.333. The summed E-state index contributed by atoms with van der Waals surface area (Å²) in [5.41, 5.74) is 0. The van der Waals surface area contributed by atoms with Gasteiger partial charge >= 0.3 is 0 Å². The monoisotopic (exact) mass is 68.0 g/mol. The van der Waals surface area contributed by atoms with Gasteiger partial charge in [-0.3, -0.25) is 4.99 Å². The van der Waals surface area contributed by atoms with Crippen molar-refractivity contribution in [1.82, 2.24) is 5.32 Å². The van der Waals surface area contributed by atoms with Gasteiger partial charge in [-0.2, -0.15) is 0 Å². The van der Waals surface area contributed by atoms with Crippen LogP contribution in [0.1, 0.15) is 0 Å². The van der Waals surface area contributed by atoms with Gasteiger partial charge < -0.3 is 5.32 Å². The van der Waals surface area contributed by atoms with Crippen LogP contribution in [0.15, 0.2) is 4.99 Å². The molecular weight excluding hydrogens is 64.0 g/mol. The van der Waals surface area contributed by atoms with E-state index in [4.69, 9.17) is 0 Å². The van der Waals surface area contributed by atoms with E-state index in [1.165, 1.54) is 0 Å². The second kappa shape index (κ2) is 1.06. The van der Waals surface area contributed by atoms with E-state index < -0.39 is 0 Å². The Morgan fingerprint density at radius 3 is 3.20 bits per heavy atom. The third-order valence-electron chi connectivity index (χ3n) is 0.428. The van der Waals surface area contributed by atoms with E-state index in [9.17, 15) is 0 Å². The van der Waals surface area contributed by atoms with E-state index in [0.717, 1.165) is 6.54 Å². The molecule has 0 aromatic rings. The normalized spacial score (nSPS) is 19.2. The van der Waals surface area contributed by atoms with Gasteiger partial charge in [0.25, 0.3) is 0 Å². The number of nitrogens with zero attached hydrogens (tertiary/aromatic N) is 1. The number of hydrogen-bond acceptors (Lipinski definition) is 2. The lowest BCUT2D eigenvalue weighted by Gasteiger charge is -1.73. The first-order chi connectivity index (χ1) is 2.50. The van der Waals surface area contributed by atoms with Crippen LogP contribution in [0.5, 0.6) is 0 Å². The molecule has 0 aromatic carbocycles. The van der Waals surface area contributed by atoms with Crippen molar-refractivity contribution in [2.24, 2.45) is 4.99 Å². The van der Waals surface area contributed by atoms with Crippen molar-refractivity contribution in [1.29, 1.82) is 0 Å². The topological polar surface area (TPSA) is 24.4 Å². The number of aliphatic imine (C=N–C) groups is 1. The van der Waals surface area contributed by atoms with Crippen molar-refractivity contribution < 1.29 is 0 Å². The number of nitrogens with one attached hydrogen (secondary N) is 1. The van der Waals surface area contributed by atoms with Crippen molar-refractivity contribution in [2.45, 2.75) is 0 Å². The van der Waals surface area contributed by atoms with E-state index in [1.807, 2.05) is 0 Å². The Morgan fingerprint density at radius 2 is 3.00 bits per heavy atom. The van der Waals surface area contributed by atoms with Gasteiger partial charge in [0, 0.05) is 6.54 Å². The van der Waals surface area contributed by atoms with Gasteiger partial charge in [-0.15, -0.1) is 0 Å². The third kappa shape index (κ3) is 0.375. The zero-order valence-corrected chi connectivity index (χ0v) is 2.73. The molecule has 1 rings (SSSR count). The molecule has 1 N–H and O–H groups in total. The number of rotatable bonds is 0. The molecule has 0 aliphatic carbocycles. The molecule has 0 fully saturated rings. The zero-order valence-electron chi connectivity index (χ0n) is 2.73. The largest absolute Gasteiger partial charge is 0.365 e. The molecule has 0 saturated carbocycles. The van der Waals surface area contributed by atoms with Gasteiger partial charge in [-0.1, -0.05) is 0 Å². The Balaban J connectivity index is 2.32. The molecule has 0 bridgehead atoms. The van der Waals surface area contributed by atoms with Gasteiger partial charge in [-0.05, 0) is 0 Å². The SMILES string of the molecule is [C]1=N[CH]CN1. The lowest BCUT2D eigenvalue weighted by Crippen LogP contribution is -2.03. The van der Waals surface area contributed by atoms with Gasteiger partial charge in [0.1, 0.15) is 0 Å². The minimum absolute atomic E-state index is 0.847. The molecule has 1 aliphatic rings. The molecule has 2 heteroatoms. The van der Waals surface area contributed by atoms with Crippen LogP contribution in [0.25, 0.3) is 0 Å². The predicted molar refractivity (Wildman–Crippen MR) is 19.7 cm³/mol. The van der Waals surface area contributed by atoms with Crippen molar-refractivity contribution in [3.05, 3.63) is 6.54 Å². The van der Waals surface area contributed by atoms with Gasteiger partial charge in [0.15, 0.2) is 6.34 Å². The molecule has 1 aliphatic heterocycles. The van der Waals surface area contributed by atoms with Crippen molar-refractivity contribution in [3.8, 4) is 0 Å². The Labute approximate surface area is 30.9 Å². The smallest absolute Gasteiger partial charge is 0.164 e. The lowest BCUT2D eigenvalue weighted by atomic mass is 10.7. The summed E-state index contributed by atoms with van der Waals surface area (Å²) in [6.45, 7) is 2.61. The van der Waals surface area contributed by atoms with Gasteiger partial charge in [-0.25, -0.2) is 0 Å². The van der Waals surface area contributed by atoms with E-state index in [0.29, 0.717) is 0 Å². The molecule has 0 atom stereocenters. The van der Waals surface area contributed by atoms with Crippen molar-refractivity contribution in [2.75, 3.05) is 6.54 Å². The average Bonchev–Trinajstić information content (AvgIpc) is 1.76. The van der Waals surface area contributed by atoms with E-state index in [2.05, 4.69) is 16.6 Å². The van der Waals surface area contributed by atoms with E-state index in [1.54, 1.807) is 6.54 Å². The quantitative estimate of drug-likeness (QED) is 0.412. The molecule has 26 valence electrons. The summed E-state index contributed by atoms with van der Waals surface area (Å²) in [6, 6.07) is 0. The molecule has 0 amide bonds. The highest BCUT2D eigenvalue weighted by molar-refractivity contribution is 5.57. The standard InChI is InChI=1S/C3H4N2/c1-2-5-3-4-1/h1H,2H2,(H,4,5). The lowest BCUT2D eigenvalue weighted by molar-refractivity contribution is 1.06. The van der Waals surface area contributed by atoms with Crippen LogP contribution >= 0.6 is 0 Å². The Morgan fingerprint density at radius 1 is 2.00 bits per heavy atom. The summed E-state index contributed by atoms with van der Waals surface area (Å²) in [6.07, 6.45) is 2.54. The Hall–Kier alpha value is -0.530. The second-order valence-electron chi connectivity index (χ2n) is 0.804. The Kier molecular flexibility index (Phi) is 0.571. The number of hydrogen-bond donors (Lipinski definition) is 1. The minimum Gasteiger partial charge on any atom is -0.365 e. The summed E-state index contributed by atoms with van der Waals surface area (Å²) < 4.78 is 0. The fourth-order valence-corrected chi connectivity index (χ4v) is 0.228. The highest BCUT2D eigenvalue weighted by Crippen LogP contribution is 1.77. The van der Waals surface area contributed by atoms with Crippen molar-refractivity contribution in [3.63, 3.8) is 0 Å². The van der Waals surface area contributed by atoms with Crippen LogP contribution in [0.2, 0.25) is 0 Å². The highest BCUT2D eigenvalue weighted by Gasteiger charge is 1.85. The van der Waals surface area contributed by atoms with E-state index in [-0.39, 0.29) is 0 Å². The molecule has 0 saturated heterocycles. The summed E-state index contributed by atoms with van der Waals surface area (Å²) >= 11 is 0. The van der Waals surface area contributed by atoms with Crippen LogP contribution in [0.3, 0.4) is 0 Å². The molecule has 1 heterocycles. The predicted octanol–water partition coefficient (Wildman–Crippen LogP) is -0.343. The van der Waals surface area contributed by atoms with Gasteiger partial charge in [0.2, 0.25) is 0 Å². The molecule has 5 heavy (non-hydrogen) atoms. The van der Waals surface area contributed by atoms with Crippen LogP contribution in [0.4, 0.5) is 0 Å². The second-order valence-corrected chi connectivity index (χ2v) is 0.804. The van der Waals surface area contributed by atoms with Crippen LogP contribution in [0, 0.1) is 6.54 Å². The average molecular weight is 68.1 g/mol. The molecule has 2 radical (unpaired) electrons. The zero-order chi connectivity index (χ0) is 3.54. The highest BCUT2D eigenvalue weighted by atomic mass is 15.0. The minimum atomic E-state index is 0.847. The van der Waals surface area contributed by atoms with Crippen LogP contribution in [-0.2, 0) is 0 Å². The van der Waals surface area contributed by atoms with E-state index >= 15 is 0 Å². The molecule has 0 spiro atoms. The Bertz CT molecular complexity index is 42.9. The summed E-state index contributed by atoms with van der Waals surface area (Å²) in [5.74, 6) is 0. The maximum atomic E-state index is 3.60. The first-order valence-corrected chi connectivity index (χ1v) is 1.49. The molecule has 2 nitrogen and oxygen atoms in total.